The van der Waals surface area contributed by atoms with Gasteiger partial charge in [0.2, 0.25) is 0 Å². The summed E-state index contributed by atoms with van der Waals surface area (Å²) >= 11 is 0. The first kappa shape index (κ1) is 76.6. The smallest absolute Gasteiger partial charge is 0.333 e. The van der Waals surface area contributed by atoms with Crippen molar-refractivity contribution in [2.45, 2.75) is 92.8 Å². The van der Waals surface area contributed by atoms with E-state index in [0.29, 0.717) is 0 Å². The number of hydrogen-bond donors (Lipinski definition) is 6. The Labute approximate surface area is 437 Å². The monoisotopic (exact) mass is 1070 g/mol. The predicted octanol–water partition coefficient (Wildman–Crippen LogP) is 1.80. The summed E-state index contributed by atoms with van der Waals surface area (Å²) in [6, 6.07) is 0. The summed E-state index contributed by atoms with van der Waals surface area (Å²) < 4.78 is 42.7. The van der Waals surface area contributed by atoms with Gasteiger partial charge in [-0.3, -0.25) is 0 Å². The minimum Gasteiger partial charge on any atom is -0.460 e. The molecular formula is C51H76O24. The van der Waals surface area contributed by atoms with Crippen molar-refractivity contribution in [2.75, 3.05) is 66.1 Å². The summed E-state index contributed by atoms with van der Waals surface area (Å²) in [4.78, 5) is 99.5. The molecule has 0 aliphatic rings. The molecular weight excluding hydrogens is 997 g/mol. The van der Waals surface area contributed by atoms with E-state index in [1.807, 2.05) is 0 Å². The Bertz CT molecular complexity index is 1960. The second-order valence-corrected chi connectivity index (χ2v) is 15.7. The lowest BCUT2D eigenvalue weighted by atomic mass is 10.3. The Morgan fingerprint density at radius 1 is 0.280 bits per heavy atom. The van der Waals surface area contributed by atoms with Gasteiger partial charge in [0.1, 0.15) is 58.0 Å². The SMILES string of the molecule is C=C(C)C(=O)OC(CO)CO.C=C(C)C(=O)OCC(CO)OC(=O)C(=C)C.C=C(C)C(=O)OCC(COC(=O)C(=C)C)OC(=O)C(=C)C.C=C(C)C(=O)OCC(O)CO.C=C(C)C(=O)OCC(O)COC(=O)C(=C)C. The van der Waals surface area contributed by atoms with Gasteiger partial charge in [0, 0.05) is 50.2 Å². The van der Waals surface area contributed by atoms with Crippen LogP contribution in [0, 0.1) is 0 Å². The van der Waals surface area contributed by atoms with E-state index in [1.165, 1.54) is 62.3 Å². The van der Waals surface area contributed by atoms with Gasteiger partial charge in [-0.25, -0.2) is 43.2 Å². The number of hydrogen-bond acceptors (Lipinski definition) is 24. The Morgan fingerprint density at radius 3 is 0.680 bits per heavy atom. The number of carbonyl (C=O) groups is 9. The number of rotatable bonds is 28. The molecule has 0 heterocycles. The highest BCUT2D eigenvalue weighted by atomic mass is 16.6. The molecule has 0 radical (unpaired) electrons. The Kier molecular flexibility index (Phi) is 45.1. The van der Waals surface area contributed by atoms with Gasteiger partial charge in [0.25, 0.3) is 0 Å². The van der Waals surface area contributed by atoms with Crippen LogP contribution in [0.5, 0.6) is 0 Å². The van der Waals surface area contributed by atoms with Crippen LogP contribution in [-0.2, 0) is 85.8 Å². The molecule has 75 heavy (non-hydrogen) atoms. The van der Waals surface area contributed by atoms with Crippen LogP contribution in [0.25, 0.3) is 0 Å². The molecule has 0 aromatic heterocycles. The largest absolute Gasteiger partial charge is 0.460 e. The zero-order valence-corrected chi connectivity index (χ0v) is 44.4. The molecule has 0 amide bonds. The van der Waals surface area contributed by atoms with Crippen LogP contribution < -0.4 is 0 Å². The summed E-state index contributed by atoms with van der Waals surface area (Å²) in [7, 11) is 0. The summed E-state index contributed by atoms with van der Waals surface area (Å²) in [6.07, 6.45) is -4.70. The molecule has 0 spiro atoms. The maximum absolute atomic E-state index is 11.5. The van der Waals surface area contributed by atoms with Crippen LogP contribution in [0.3, 0.4) is 0 Å². The van der Waals surface area contributed by atoms with E-state index in [-0.39, 0.29) is 103 Å². The van der Waals surface area contributed by atoms with Gasteiger partial charge in [-0.1, -0.05) is 59.2 Å². The van der Waals surface area contributed by atoms with E-state index in [4.69, 9.17) is 49.2 Å². The number of aliphatic hydroxyl groups is 6. The highest BCUT2D eigenvalue weighted by Crippen LogP contribution is 2.06. The third-order valence-corrected chi connectivity index (χ3v) is 7.20. The average Bonchev–Trinajstić information content (AvgIpc) is 3.34. The van der Waals surface area contributed by atoms with E-state index in [0.717, 1.165) is 0 Å². The highest BCUT2D eigenvalue weighted by molar-refractivity contribution is 5.90. The summed E-state index contributed by atoms with van der Waals surface area (Å²) in [6.45, 7) is 40.9. The first-order chi connectivity index (χ1) is 34.6. The molecule has 0 aromatic carbocycles. The van der Waals surface area contributed by atoms with Gasteiger partial charge < -0.3 is 73.3 Å². The molecule has 2 atom stereocenters. The molecule has 0 fully saturated rings. The van der Waals surface area contributed by atoms with Crippen molar-refractivity contribution in [3.05, 3.63) is 109 Å². The van der Waals surface area contributed by atoms with Crippen LogP contribution in [-0.4, -0.2) is 181 Å². The van der Waals surface area contributed by atoms with Crippen molar-refractivity contribution < 1.29 is 116 Å². The van der Waals surface area contributed by atoms with Gasteiger partial charge in [-0.15, -0.1) is 0 Å². The summed E-state index contributed by atoms with van der Waals surface area (Å²) in [5.74, 6) is -5.49. The molecule has 6 N–H and O–H groups in total. The molecule has 0 aliphatic carbocycles. The minimum atomic E-state index is -1.05. The highest BCUT2D eigenvalue weighted by Gasteiger charge is 2.21. The molecule has 2 unspecified atom stereocenters. The van der Waals surface area contributed by atoms with Crippen molar-refractivity contribution in [1.82, 2.24) is 0 Å². The van der Waals surface area contributed by atoms with Gasteiger partial charge >= 0.3 is 53.7 Å². The molecule has 0 rings (SSSR count). The molecule has 0 aromatic rings. The van der Waals surface area contributed by atoms with E-state index in [2.05, 4.69) is 78.2 Å². The quantitative estimate of drug-likeness (QED) is 0.0369. The Balaban J connectivity index is -0.000000278. The van der Waals surface area contributed by atoms with Crippen molar-refractivity contribution in [1.29, 1.82) is 0 Å². The number of aliphatic hydroxyl groups excluding tert-OH is 6. The molecule has 0 saturated heterocycles. The third-order valence-electron chi connectivity index (χ3n) is 7.20. The Morgan fingerprint density at radius 2 is 0.467 bits per heavy atom. The topological polar surface area (TPSA) is 358 Å². The van der Waals surface area contributed by atoms with Gasteiger partial charge in [0.05, 0.1) is 26.4 Å². The van der Waals surface area contributed by atoms with Crippen molar-refractivity contribution in [3.63, 3.8) is 0 Å². The number of esters is 9. The predicted molar refractivity (Wildman–Crippen MR) is 269 cm³/mol. The van der Waals surface area contributed by atoms with Crippen LogP contribution in [0.2, 0.25) is 0 Å². The molecule has 24 heteroatoms. The van der Waals surface area contributed by atoms with E-state index in [1.54, 1.807) is 0 Å². The first-order valence-corrected chi connectivity index (χ1v) is 21.9. The van der Waals surface area contributed by atoms with Gasteiger partial charge in [0.15, 0.2) is 12.2 Å². The lowest BCUT2D eigenvalue weighted by Crippen LogP contribution is -2.31. The molecule has 0 aliphatic heterocycles. The van der Waals surface area contributed by atoms with E-state index < -0.39 is 97.5 Å². The maximum atomic E-state index is 11.5. The molecule has 424 valence electrons. The lowest BCUT2D eigenvalue weighted by molar-refractivity contribution is -0.161. The minimum absolute atomic E-state index is 0.178. The van der Waals surface area contributed by atoms with Crippen molar-refractivity contribution in [2.24, 2.45) is 0 Å². The van der Waals surface area contributed by atoms with E-state index in [9.17, 15) is 48.3 Å². The molecule has 24 nitrogen and oxygen atoms in total. The summed E-state index contributed by atoms with van der Waals surface area (Å²) in [5, 5.41) is 52.2. The first-order valence-electron chi connectivity index (χ1n) is 21.9. The average molecular weight is 1070 g/mol. The van der Waals surface area contributed by atoms with Crippen LogP contribution in [0.4, 0.5) is 0 Å². The van der Waals surface area contributed by atoms with Crippen molar-refractivity contribution >= 4 is 53.7 Å². The van der Waals surface area contributed by atoms with E-state index >= 15 is 0 Å². The van der Waals surface area contributed by atoms with Crippen LogP contribution in [0.15, 0.2) is 109 Å². The third kappa shape index (κ3) is 45.0. The zero-order valence-electron chi connectivity index (χ0n) is 44.4. The fraction of sp³-hybridized carbons (Fsp3) is 0.471. The second kappa shape index (κ2) is 44.2. The van der Waals surface area contributed by atoms with Gasteiger partial charge in [-0.05, 0) is 62.3 Å². The lowest BCUT2D eigenvalue weighted by Gasteiger charge is -2.18. The second-order valence-electron chi connectivity index (χ2n) is 15.7. The fourth-order valence-corrected chi connectivity index (χ4v) is 2.99. The number of carbonyl (C=O) groups excluding carboxylic acids is 9. The van der Waals surface area contributed by atoms with Gasteiger partial charge in [-0.2, -0.15) is 0 Å². The standard InChI is InChI=1S/C15H20O6.2C11H16O5.2C7H12O4/c1-9(2)13(16)19-7-12(21-15(18)11(5)6)8-20-14(17)10(3)4;1-7(2)10(13)15-5-9(12)6-16-11(14)8(3)4;1-7(2)10(13)15-6-9(5-12)16-11(14)8(3)4;1-5(2)7(10)11-4-6(9)3-8;1-5(2)7(10)11-6(3-8)4-9/h12H,1,3,5,7-8H2,2,4,6H3;2*9,12H,1,3,5-6H2,2,4H3;2*6,8-9H,1,3-4H2,2H3. The van der Waals surface area contributed by atoms with Crippen LogP contribution in [0.1, 0.15) is 62.3 Å². The fourth-order valence-electron chi connectivity index (χ4n) is 2.99. The normalized spacial score (nSPS) is 10.5. The number of ether oxygens (including phenoxy) is 9. The zero-order chi connectivity index (χ0) is 59.7. The Hall–Kier alpha value is -7.35. The van der Waals surface area contributed by atoms with Crippen LogP contribution >= 0.6 is 0 Å². The maximum Gasteiger partial charge on any atom is 0.333 e. The molecule has 0 bridgehead atoms. The van der Waals surface area contributed by atoms with Crippen molar-refractivity contribution in [3.8, 4) is 0 Å². The summed E-state index contributed by atoms with van der Waals surface area (Å²) in [5.41, 5.74) is 2.05. The molecule has 0 saturated carbocycles.